The number of benzene rings is 2. The number of aliphatic hydroxyl groups is 1. The van der Waals surface area contributed by atoms with Crippen LogP contribution >= 0.6 is 0 Å². The highest BCUT2D eigenvalue weighted by Gasteiger charge is 2.17. The van der Waals surface area contributed by atoms with Crippen LogP contribution < -0.4 is 10.5 Å². The first-order chi connectivity index (χ1) is 10.1. The maximum Gasteiger partial charge on any atom is 0.119 e. The Hall–Kier alpha value is -1.84. The Morgan fingerprint density at radius 1 is 1.00 bits per heavy atom. The molecule has 0 amide bonds. The maximum absolute atomic E-state index is 10.3. The van der Waals surface area contributed by atoms with E-state index in [1.165, 1.54) is 0 Å². The lowest BCUT2D eigenvalue weighted by Crippen LogP contribution is -2.28. The summed E-state index contributed by atoms with van der Waals surface area (Å²) >= 11 is 0. The summed E-state index contributed by atoms with van der Waals surface area (Å²) in [4.78, 5) is 0. The van der Waals surface area contributed by atoms with Crippen LogP contribution in [0.25, 0.3) is 0 Å². The number of hydrogen-bond donors (Lipinski definition) is 2. The van der Waals surface area contributed by atoms with Crippen LogP contribution in [0.15, 0.2) is 54.6 Å². The Bertz CT molecular complexity index is 537. The minimum absolute atomic E-state index is 0.146. The average molecular weight is 285 g/mol. The zero-order valence-electron chi connectivity index (χ0n) is 12.6. The summed E-state index contributed by atoms with van der Waals surface area (Å²) < 4.78 is 5.60. The topological polar surface area (TPSA) is 55.5 Å². The van der Waals surface area contributed by atoms with Gasteiger partial charge in [-0.25, -0.2) is 0 Å². The van der Waals surface area contributed by atoms with E-state index in [0.717, 1.165) is 16.9 Å². The molecule has 0 saturated heterocycles. The van der Waals surface area contributed by atoms with Crippen LogP contribution in [0.1, 0.15) is 31.0 Å². The smallest absolute Gasteiger partial charge is 0.119 e. The monoisotopic (exact) mass is 285 g/mol. The molecule has 2 rings (SSSR count). The fourth-order valence-corrected chi connectivity index (χ4v) is 2.25. The molecule has 3 heteroatoms. The third-order valence-electron chi connectivity index (χ3n) is 3.34. The molecular weight excluding hydrogens is 262 g/mol. The third-order valence-corrected chi connectivity index (χ3v) is 3.34. The van der Waals surface area contributed by atoms with Crippen LogP contribution in [0.2, 0.25) is 0 Å². The lowest BCUT2D eigenvalue weighted by molar-refractivity contribution is 0.145. The van der Waals surface area contributed by atoms with Crippen LogP contribution in [-0.2, 0) is 6.42 Å². The van der Waals surface area contributed by atoms with Gasteiger partial charge in [-0.15, -0.1) is 0 Å². The maximum atomic E-state index is 10.3. The second kappa shape index (κ2) is 7.25. The van der Waals surface area contributed by atoms with Crippen LogP contribution in [0, 0.1) is 0 Å². The second-order valence-corrected chi connectivity index (χ2v) is 5.52. The Morgan fingerprint density at radius 2 is 1.62 bits per heavy atom. The number of hydrogen-bond acceptors (Lipinski definition) is 3. The van der Waals surface area contributed by atoms with Crippen molar-refractivity contribution >= 4 is 0 Å². The summed E-state index contributed by atoms with van der Waals surface area (Å²) in [5, 5.41) is 10.3. The molecule has 0 aliphatic carbocycles. The molecule has 0 aliphatic heterocycles. The molecule has 0 bridgehead atoms. The average Bonchev–Trinajstić information content (AvgIpc) is 2.47. The van der Waals surface area contributed by atoms with Gasteiger partial charge < -0.3 is 15.6 Å². The highest BCUT2D eigenvalue weighted by Crippen LogP contribution is 2.21. The molecule has 0 fully saturated rings. The second-order valence-electron chi connectivity index (χ2n) is 5.52. The Balaban J connectivity index is 2.00. The molecule has 3 N–H and O–H groups in total. The first-order valence-corrected chi connectivity index (χ1v) is 7.30. The van der Waals surface area contributed by atoms with E-state index in [1.807, 2.05) is 68.4 Å². The first-order valence-electron chi connectivity index (χ1n) is 7.30. The van der Waals surface area contributed by atoms with Gasteiger partial charge in [0.25, 0.3) is 0 Å². The molecule has 0 aliphatic rings. The zero-order chi connectivity index (χ0) is 15.2. The highest BCUT2D eigenvalue weighted by molar-refractivity contribution is 5.30. The van der Waals surface area contributed by atoms with E-state index in [4.69, 9.17) is 10.5 Å². The molecule has 0 saturated carbocycles. The first kappa shape index (κ1) is 15.5. The summed E-state index contributed by atoms with van der Waals surface area (Å²) in [6.45, 7) is 3.98. The van der Waals surface area contributed by atoms with Gasteiger partial charge in [0.15, 0.2) is 0 Å². The van der Waals surface area contributed by atoms with Crippen molar-refractivity contribution in [2.45, 2.75) is 38.5 Å². The predicted molar refractivity (Wildman–Crippen MR) is 85.3 cm³/mol. The van der Waals surface area contributed by atoms with Gasteiger partial charge in [0.2, 0.25) is 0 Å². The minimum atomic E-state index is -0.607. The molecule has 0 spiro atoms. The van der Waals surface area contributed by atoms with Gasteiger partial charge in [-0.2, -0.15) is 0 Å². The van der Waals surface area contributed by atoms with E-state index in [2.05, 4.69) is 0 Å². The van der Waals surface area contributed by atoms with Crippen molar-refractivity contribution in [2.75, 3.05) is 0 Å². The largest absolute Gasteiger partial charge is 0.491 e. The van der Waals surface area contributed by atoms with Crippen molar-refractivity contribution in [3.8, 4) is 5.75 Å². The molecule has 2 aromatic carbocycles. The van der Waals surface area contributed by atoms with Crippen molar-refractivity contribution in [3.05, 3.63) is 65.7 Å². The minimum Gasteiger partial charge on any atom is -0.491 e. The zero-order valence-corrected chi connectivity index (χ0v) is 12.6. The molecule has 0 heterocycles. The Kier molecular flexibility index (Phi) is 5.37. The molecule has 0 radical (unpaired) electrons. The molecule has 0 aromatic heterocycles. The fourth-order valence-electron chi connectivity index (χ4n) is 2.25. The van der Waals surface area contributed by atoms with Gasteiger partial charge in [-0.05, 0) is 37.1 Å². The van der Waals surface area contributed by atoms with Gasteiger partial charge in [0, 0.05) is 6.42 Å². The lowest BCUT2D eigenvalue weighted by atomic mass is 9.97. The summed E-state index contributed by atoms with van der Waals surface area (Å²) in [7, 11) is 0. The van der Waals surface area contributed by atoms with E-state index in [9.17, 15) is 5.11 Å². The van der Waals surface area contributed by atoms with E-state index < -0.39 is 12.1 Å². The van der Waals surface area contributed by atoms with Crippen molar-refractivity contribution in [1.82, 2.24) is 0 Å². The van der Waals surface area contributed by atoms with Crippen molar-refractivity contribution in [1.29, 1.82) is 0 Å². The normalized spacial score (nSPS) is 14.0. The standard InChI is InChI=1S/C18H23NO2/c1-13(2)21-16-10-8-15(9-11-16)18(19)17(20)12-14-6-4-3-5-7-14/h3-11,13,17-18,20H,12,19H2,1-2H3/t17-,18+/m0/s1. The Labute approximate surface area is 126 Å². The van der Waals surface area contributed by atoms with Gasteiger partial charge in [-0.1, -0.05) is 42.5 Å². The van der Waals surface area contributed by atoms with Gasteiger partial charge in [-0.3, -0.25) is 0 Å². The van der Waals surface area contributed by atoms with E-state index in [1.54, 1.807) is 0 Å². The highest BCUT2D eigenvalue weighted by atomic mass is 16.5. The molecule has 2 aromatic rings. The number of nitrogens with two attached hydrogens (primary N) is 1. The fraction of sp³-hybridized carbons (Fsp3) is 0.333. The number of aliphatic hydroxyl groups excluding tert-OH is 1. The molecule has 2 atom stereocenters. The molecule has 3 nitrogen and oxygen atoms in total. The van der Waals surface area contributed by atoms with Gasteiger partial charge in [0.1, 0.15) is 5.75 Å². The van der Waals surface area contributed by atoms with Crippen LogP contribution in [-0.4, -0.2) is 17.3 Å². The summed E-state index contributed by atoms with van der Waals surface area (Å²) in [5.74, 6) is 0.818. The van der Waals surface area contributed by atoms with E-state index in [-0.39, 0.29) is 6.10 Å². The molecule has 0 unspecified atom stereocenters. The summed E-state index contributed by atoms with van der Waals surface area (Å²) in [5.41, 5.74) is 8.14. The summed E-state index contributed by atoms with van der Waals surface area (Å²) in [6.07, 6.45) is 0.0872. The third kappa shape index (κ3) is 4.59. The van der Waals surface area contributed by atoms with Crippen LogP contribution in [0.4, 0.5) is 0 Å². The van der Waals surface area contributed by atoms with Crippen LogP contribution in [0.3, 0.4) is 0 Å². The van der Waals surface area contributed by atoms with Crippen molar-refractivity contribution in [3.63, 3.8) is 0 Å². The van der Waals surface area contributed by atoms with Gasteiger partial charge >= 0.3 is 0 Å². The lowest BCUT2D eigenvalue weighted by Gasteiger charge is -2.20. The molecule has 21 heavy (non-hydrogen) atoms. The Morgan fingerprint density at radius 3 is 2.19 bits per heavy atom. The van der Waals surface area contributed by atoms with E-state index >= 15 is 0 Å². The molecule has 112 valence electrons. The SMILES string of the molecule is CC(C)Oc1ccc([C@@H](N)[C@@H](O)Cc2ccccc2)cc1. The quantitative estimate of drug-likeness (QED) is 0.857. The van der Waals surface area contributed by atoms with E-state index in [0.29, 0.717) is 6.42 Å². The number of ether oxygens (including phenoxy) is 1. The van der Waals surface area contributed by atoms with Crippen molar-refractivity contribution in [2.24, 2.45) is 5.73 Å². The van der Waals surface area contributed by atoms with Crippen LogP contribution in [0.5, 0.6) is 5.75 Å². The number of rotatable bonds is 6. The van der Waals surface area contributed by atoms with Crippen molar-refractivity contribution < 1.29 is 9.84 Å². The predicted octanol–water partition coefficient (Wildman–Crippen LogP) is 3.08. The van der Waals surface area contributed by atoms with Gasteiger partial charge in [0.05, 0.1) is 18.2 Å². The summed E-state index contributed by atoms with van der Waals surface area (Å²) in [6, 6.07) is 17.1. The molecular formula is C18H23NO2.